The number of hydrogen-bond donors (Lipinski definition) is 2. The molecule has 2 fully saturated rings. The minimum absolute atomic E-state index is 0. The Morgan fingerprint density at radius 2 is 1.66 bits per heavy atom. The van der Waals surface area contributed by atoms with Gasteiger partial charge in [-0.15, -0.1) is 12.4 Å². The van der Waals surface area contributed by atoms with Crippen LogP contribution in [0.25, 0.3) is 0 Å². The van der Waals surface area contributed by atoms with E-state index in [0.717, 1.165) is 31.7 Å². The Morgan fingerprint density at radius 3 is 2.28 bits per heavy atom. The summed E-state index contributed by atoms with van der Waals surface area (Å²) in [5.74, 6) is 1.11. The molecule has 0 unspecified atom stereocenters. The number of benzene rings is 2. The molecule has 2 aliphatic rings. The number of nitrogens with zero attached hydrogens (tertiary/aromatic N) is 1. The summed E-state index contributed by atoms with van der Waals surface area (Å²) in [6, 6.07) is 12.0. The van der Waals surface area contributed by atoms with Gasteiger partial charge in [-0.05, 0) is 67.1 Å². The number of carbonyl (C=O) groups excluding carboxylic acids is 1. The first kappa shape index (κ1) is 21.6. The third-order valence-corrected chi connectivity index (χ3v) is 7.22. The molecule has 2 aromatic carbocycles. The lowest BCUT2D eigenvalue weighted by Crippen LogP contribution is -2.31. The summed E-state index contributed by atoms with van der Waals surface area (Å²) in [5, 5.41) is 3.37. The smallest absolute Gasteiger partial charge is 0.262 e. The van der Waals surface area contributed by atoms with Crippen molar-refractivity contribution < 1.29 is 13.2 Å². The molecule has 0 aromatic heterocycles. The molecule has 0 radical (unpaired) electrons. The monoisotopic (exact) mass is 435 g/mol. The Morgan fingerprint density at radius 1 is 1.03 bits per heavy atom. The molecule has 0 saturated carbocycles. The van der Waals surface area contributed by atoms with E-state index in [0.29, 0.717) is 28.7 Å². The highest BCUT2D eigenvalue weighted by atomic mass is 35.5. The van der Waals surface area contributed by atoms with Crippen molar-refractivity contribution in [2.75, 3.05) is 30.9 Å². The first-order valence-corrected chi connectivity index (χ1v) is 11.0. The van der Waals surface area contributed by atoms with Gasteiger partial charge in [0.25, 0.3) is 15.9 Å². The lowest BCUT2D eigenvalue weighted by Gasteiger charge is -2.18. The normalized spacial score (nSPS) is 20.8. The highest BCUT2D eigenvalue weighted by molar-refractivity contribution is 7.92. The van der Waals surface area contributed by atoms with Gasteiger partial charge in [0.05, 0.1) is 4.90 Å². The van der Waals surface area contributed by atoms with Crippen LogP contribution in [0, 0.1) is 25.7 Å². The van der Waals surface area contributed by atoms with Crippen LogP contribution in [0.5, 0.6) is 0 Å². The van der Waals surface area contributed by atoms with E-state index in [9.17, 15) is 13.2 Å². The average molecular weight is 436 g/mol. The number of fused-ring (bicyclic) bond motifs is 1. The molecule has 2 atom stereocenters. The van der Waals surface area contributed by atoms with E-state index in [4.69, 9.17) is 0 Å². The van der Waals surface area contributed by atoms with E-state index in [-0.39, 0.29) is 23.2 Å². The van der Waals surface area contributed by atoms with Gasteiger partial charge in [-0.1, -0.05) is 12.1 Å². The van der Waals surface area contributed by atoms with E-state index in [1.165, 1.54) is 0 Å². The molecular formula is C21H26ClN3O3S. The van der Waals surface area contributed by atoms with Crippen molar-refractivity contribution in [3.8, 4) is 0 Å². The molecule has 6 nitrogen and oxygen atoms in total. The lowest BCUT2D eigenvalue weighted by atomic mass is 10.0. The number of hydrogen-bond acceptors (Lipinski definition) is 4. The second kappa shape index (κ2) is 8.34. The predicted molar refractivity (Wildman–Crippen MR) is 116 cm³/mol. The predicted octanol–water partition coefficient (Wildman–Crippen LogP) is 2.82. The topological polar surface area (TPSA) is 78.5 Å². The number of amides is 1. The number of aryl methyl sites for hydroxylation is 2. The maximum atomic E-state index is 12.7. The Bertz CT molecular complexity index is 996. The molecule has 0 bridgehead atoms. The summed E-state index contributed by atoms with van der Waals surface area (Å²) in [7, 11) is -3.68. The minimum atomic E-state index is -3.68. The van der Waals surface area contributed by atoms with Gasteiger partial charge >= 0.3 is 0 Å². The number of anilines is 1. The second-order valence-electron chi connectivity index (χ2n) is 7.84. The minimum Gasteiger partial charge on any atom is -0.338 e. The fourth-order valence-corrected chi connectivity index (χ4v) is 5.48. The quantitative estimate of drug-likeness (QED) is 0.774. The highest BCUT2D eigenvalue weighted by Crippen LogP contribution is 2.28. The molecule has 0 aliphatic carbocycles. The average Bonchev–Trinajstić information content (AvgIpc) is 3.25. The van der Waals surface area contributed by atoms with E-state index in [1.807, 2.05) is 17.9 Å². The van der Waals surface area contributed by atoms with Crippen molar-refractivity contribution >= 4 is 34.0 Å². The van der Waals surface area contributed by atoms with Gasteiger partial charge in [0.1, 0.15) is 0 Å². The third-order valence-electron chi connectivity index (χ3n) is 5.69. The van der Waals surface area contributed by atoms with Crippen molar-refractivity contribution in [3.63, 3.8) is 0 Å². The lowest BCUT2D eigenvalue weighted by molar-refractivity contribution is 0.0781. The number of likely N-dealkylation sites (tertiary alicyclic amines) is 1. The zero-order valence-electron chi connectivity index (χ0n) is 16.5. The van der Waals surface area contributed by atoms with E-state index < -0.39 is 10.0 Å². The maximum absolute atomic E-state index is 12.7. The van der Waals surface area contributed by atoms with Crippen molar-refractivity contribution in [2.45, 2.75) is 18.7 Å². The Labute approximate surface area is 178 Å². The highest BCUT2D eigenvalue weighted by Gasteiger charge is 2.38. The summed E-state index contributed by atoms with van der Waals surface area (Å²) < 4.78 is 28.1. The number of halogens is 1. The van der Waals surface area contributed by atoms with Gasteiger partial charge in [-0.2, -0.15) is 0 Å². The first-order chi connectivity index (χ1) is 13.3. The molecule has 0 spiro atoms. The maximum Gasteiger partial charge on any atom is 0.262 e. The van der Waals surface area contributed by atoms with Crippen LogP contribution in [0.4, 0.5) is 5.69 Å². The van der Waals surface area contributed by atoms with Crippen molar-refractivity contribution in [3.05, 3.63) is 59.2 Å². The molecule has 2 aliphatic heterocycles. The van der Waals surface area contributed by atoms with Crippen LogP contribution in [-0.4, -0.2) is 45.4 Å². The molecule has 4 rings (SSSR count). The second-order valence-corrected chi connectivity index (χ2v) is 9.49. The SMILES string of the molecule is Cc1ccc(C)c(S(=O)(=O)Nc2ccc(C(=O)N3C[C@H]4CNC[C@H]4C3)cc2)c1.Cl. The van der Waals surface area contributed by atoms with Crippen molar-refractivity contribution in [1.82, 2.24) is 10.2 Å². The van der Waals surface area contributed by atoms with Crippen LogP contribution in [0.3, 0.4) is 0 Å². The largest absolute Gasteiger partial charge is 0.338 e. The van der Waals surface area contributed by atoms with Crippen molar-refractivity contribution in [1.29, 1.82) is 0 Å². The molecular weight excluding hydrogens is 410 g/mol. The zero-order chi connectivity index (χ0) is 19.9. The summed E-state index contributed by atoms with van der Waals surface area (Å²) in [5.41, 5.74) is 2.61. The fourth-order valence-electron chi connectivity index (χ4n) is 4.09. The number of rotatable bonds is 4. The van der Waals surface area contributed by atoms with Crippen LogP contribution in [-0.2, 0) is 10.0 Å². The Hall–Kier alpha value is -2.09. The van der Waals surface area contributed by atoms with Crippen LogP contribution in [0.1, 0.15) is 21.5 Å². The molecule has 2 heterocycles. The zero-order valence-corrected chi connectivity index (χ0v) is 18.1. The summed E-state index contributed by atoms with van der Waals surface area (Å²) in [4.78, 5) is 14.9. The van der Waals surface area contributed by atoms with Gasteiger partial charge in [0.2, 0.25) is 0 Å². The van der Waals surface area contributed by atoms with Gasteiger partial charge in [0.15, 0.2) is 0 Å². The summed E-state index contributed by atoms with van der Waals surface area (Å²) in [6.07, 6.45) is 0. The van der Waals surface area contributed by atoms with Gasteiger partial charge < -0.3 is 10.2 Å². The van der Waals surface area contributed by atoms with E-state index >= 15 is 0 Å². The Balaban J connectivity index is 0.00000240. The molecule has 29 heavy (non-hydrogen) atoms. The van der Waals surface area contributed by atoms with Crippen LogP contribution in [0.2, 0.25) is 0 Å². The first-order valence-electron chi connectivity index (χ1n) is 9.53. The molecule has 8 heteroatoms. The number of nitrogens with one attached hydrogen (secondary N) is 2. The molecule has 2 saturated heterocycles. The molecule has 2 N–H and O–H groups in total. The van der Waals surface area contributed by atoms with Crippen LogP contribution < -0.4 is 10.0 Å². The molecule has 1 amide bonds. The van der Waals surface area contributed by atoms with Gasteiger partial charge in [0, 0.05) is 37.4 Å². The number of carbonyl (C=O) groups is 1. The molecule has 156 valence electrons. The summed E-state index contributed by atoms with van der Waals surface area (Å²) >= 11 is 0. The van der Waals surface area contributed by atoms with Gasteiger partial charge in [-0.3, -0.25) is 9.52 Å². The van der Waals surface area contributed by atoms with E-state index in [1.54, 1.807) is 43.3 Å². The fraction of sp³-hybridized carbons (Fsp3) is 0.381. The van der Waals surface area contributed by atoms with Crippen LogP contribution >= 0.6 is 12.4 Å². The standard InChI is InChI=1S/C21H25N3O3S.ClH/c1-14-3-4-15(2)20(9-14)28(26,27)23-19-7-5-16(6-8-19)21(25)24-12-17-10-22-11-18(17)13-24;/h3-9,17-18,22-23H,10-13H2,1-2H3;1H/t17-,18+;. The Kier molecular flexibility index (Phi) is 6.22. The van der Waals surface area contributed by atoms with Crippen molar-refractivity contribution in [2.24, 2.45) is 11.8 Å². The van der Waals surface area contributed by atoms with E-state index in [2.05, 4.69) is 10.0 Å². The number of sulfonamides is 1. The molecule has 2 aromatic rings. The third kappa shape index (κ3) is 4.42. The summed E-state index contributed by atoms with van der Waals surface area (Å²) in [6.45, 7) is 7.17. The van der Waals surface area contributed by atoms with Crippen LogP contribution in [0.15, 0.2) is 47.4 Å². The van der Waals surface area contributed by atoms with Gasteiger partial charge in [-0.25, -0.2) is 8.42 Å².